The number of anilines is 1. The summed E-state index contributed by atoms with van der Waals surface area (Å²) in [6, 6.07) is 4.23. The van der Waals surface area contributed by atoms with Crippen LogP contribution in [-0.2, 0) is 0 Å². The van der Waals surface area contributed by atoms with Crippen molar-refractivity contribution in [1.82, 2.24) is 14.6 Å². The summed E-state index contributed by atoms with van der Waals surface area (Å²) in [6.45, 7) is 0. The molecule has 0 aliphatic heterocycles. The first kappa shape index (κ1) is 9.90. The molecule has 1 fully saturated rings. The van der Waals surface area contributed by atoms with Gasteiger partial charge < -0.3 is 5.32 Å². The number of halogens is 1. The van der Waals surface area contributed by atoms with Crippen molar-refractivity contribution in [2.45, 2.75) is 31.7 Å². The van der Waals surface area contributed by atoms with Gasteiger partial charge in [0.15, 0.2) is 5.65 Å². The Kier molecular flexibility index (Phi) is 2.44. The van der Waals surface area contributed by atoms with Gasteiger partial charge >= 0.3 is 0 Å². The lowest BCUT2D eigenvalue weighted by Crippen LogP contribution is -2.15. The molecular weight excluding hydrogens is 224 g/mol. The van der Waals surface area contributed by atoms with Gasteiger partial charge in [0.1, 0.15) is 0 Å². The molecule has 2 aromatic rings. The Morgan fingerprint density at radius 1 is 1.31 bits per heavy atom. The number of fused-ring (bicyclic) bond motifs is 1. The van der Waals surface area contributed by atoms with Gasteiger partial charge in [-0.25, -0.2) is 4.52 Å². The second kappa shape index (κ2) is 3.94. The monoisotopic (exact) mass is 236 g/mol. The molecule has 1 N–H and O–H groups in total. The normalized spacial score (nSPS) is 17.1. The third-order valence-electron chi connectivity index (χ3n) is 2.98. The summed E-state index contributed by atoms with van der Waals surface area (Å²) in [7, 11) is 0. The number of rotatable bonds is 2. The number of aromatic nitrogens is 3. The minimum Gasteiger partial charge on any atom is -0.350 e. The zero-order chi connectivity index (χ0) is 11.0. The maximum absolute atomic E-state index is 5.89. The summed E-state index contributed by atoms with van der Waals surface area (Å²) >= 11 is 5.89. The maximum atomic E-state index is 5.89. The van der Waals surface area contributed by atoms with Crippen LogP contribution >= 0.6 is 11.6 Å². The molecular formula is C11H13ClN4. The van der Waals surface area contributed by atoms with Crippen molar-refractivity contribution in [3.8, 4) is 0 Å². The molecule has 0 amide bonds. The maximum Gasteiger partial charge on any atom is 0.243 e. The van der Waals surface area contributed by atoms with Crippen LogP contribution in [0.4, 0.5) is 5.95 Å². The predicted octanol–water partition coefficient (Wildman–Crippen LogP) is 2.74. The average molecular weight is 237 g/mol. The van der Waals surface area contributed by atoms with E-state index in [2.05, 4.69) is 15.4 Å². The van der Waals surface area contributed by atoms with Crippen molar-refractivity contribution in [3.63, 3.8) is 0 Å². The van der Waals surface area contributed by atoms with Gasteiger partial charge in [-0.3, -0.25) is 0 Å². The third-order valence-corrected chi connectivity index (χ3v) is 3.21. The van der Waals surface area contributed by atoms with Gasteiger partial charge in [-0.05, 0) is 25.0 Å². The van der Waals surface area contributed by atoms with Crippen LogP contribution in [0.1, 0.15) is 25.7 Å². The van der Waals surface area contributed by atoms with E-state index < -0.39 is 0 Å². The van der Waals surface area contributed by atoms with Gasteiger partial charge in [-0.1, -0.05) is 24.4 Å². The highest BCUT2D eigenvalue weighted by Gasteiger charge is 2.16. The lowest BCUT2D eigenvalue weighted by molar-refractivity contribution is 0.743. The molecule has 0 atom stereocenters. The molecule has 1 saturated carbocycles. The Labute approximate surface area is 98.6 Å². The van der Waals surface area contributed by atoms with E-state index in [1.807, 2.05) is 12.1 Å². The molecule has 5 heteroatoms. The Bertz CT molecular complexity index is 502. The summed E-state index contributed by atoms with van der Waals surface area (Å²) in [5, 5.41) is 8.38. The number of hydrogen-bond donors (Lipinski definition) is 1. The standard InChI is InChI=1S/C11H13ClN4/c12-8-5-6-10-14-11(15-16(10)7-8)13-9-3-1-2-4-9/h5-7,9H,1-4H2,(H,13,15). The van der Waals surface area contributed by atoms with Crippen LogP contribution in [-0.4, -0.2) is 20.6 Å². The Hall–Kier alpha value is -1.29. The van der Waals surface area contributed by atoms with Crippen LogP contribution in [0, 0.1) is 0 Å². The molecule has 1 aliphatic rings. The first-order valence-electron chi connectivity index (χ1n) is 5.60. The van der Waals surface area contributed by atoms with E-state index in [1.165, 1.54) is 25.7 Å². The minimum absolute atomic E-state index is 0.535. The molecule has 0 saturated heterocycles. The summed E-state index contributed by atoms with van der Waals surface area (Å²) < 4.78 is 1.71. The van der Waals surface area contributed by atoms with Crippen LogP contribution < -0.4 is 5.32 Å². The van der Waals surface area contributed by atoms with Gasteiger partial charge in [-0.2, -0.15) is 4.98 Å². The van der Waals surface area contributed by atoms with E-state index >= 15 is 0 Å². The molecule has 16 heavy (non-hydrogen) atoms. The Balaban J connectivity index is 1.86. The highest BCUT2D eigenvalue weighted by atomic mass is 35.5. The molecule has 4 nitrogen and oxygen atoms in total. The molecule has 0 radical (unpaired) electrons. The predicted molar refractivity (Wildman–Crippen MR) is 63.9 cm³/mol. The Morgan fingerprint density at radius 3 is 2.94 bits per heavy atom. The lowest BCUT2D eigenvalue weighted by Gasteiger charge is -2.08. The van der Waals surface area contributed by atoms with Crippen LogP contribution in [0.25, 0.3) is 5.65 Å². The number of pyridine rings is 1. The van der Waals surface area contributed by atoms with Crippen molar-refractivity contribution in [2.24, 2.45) is 0 Å². The first-order valence-corrected chi connectivity index (χ1v) is 5.97. The van der Waals surface area contributed by atoms with Crippen LogP contribution in [0.15, 0.2) is 18.3 Å². The molecule has 2 heterocycles. The fourth-order valence-corrected chi connectivity index (χ4v) is 2.33. The van der Waals surface area contributed by atoms with E-state index in [0.717, 1.165) is 5.65 Å². The van der Waals surface area contributed by atoms with E-state index in [1.54, 1.807) is 10.7 Å². The smallest absolute Gasteiger partial charge is 0.243 e. The number of nitrogens with zero attached hydrogens (tertiary/aromatic N) is 3. The van der Waals surface area contributed by atoms with E-state index in [9.17, 15) is 0 Å². The third kappa shape index (κ3) is 1.85. The topological polar surface area (TPSA) is 42.2 Å². The second-order valence-corrected chi connectivity index (χ2v) is 4.65. The number of nitrogens with one attached hydrogen (secondary N) is 1. The molecule has 84 valence electrons. The Morgan fingerprint density at radius 2 is 2.12 bits per heavy atom. The zero-order valence-corrected chi connectivity index (χ0v) is 9.61. The van der Waals surface area contributed by atoms with Gasteiger partial charge in [0.25, 0.3) is 0 Å². The van der Waals surface area contributed by atoms with Crippen molar-refractivity contribution in [3.05, 3.63) is 23.4 Å². The van der Waals surface area contributed by atoms with Crippen molar-refractivity contribution >= 4 is 23.2 Å². The zero-order valence-electron chi connectivity index (χ0n) is 8.86. The van der Waals surface area contributed by atoms with E-state index in [-0.39, 0.29) is 0 Å². The van der Waals surface area contributed by atoms with Gasteiger partial charge in [0, 0.05) is 12.2 Å². The van der Waals surface area contributed by atoms with Crippen molar-refractivity contribution in [1.29, 1.82) is 0 Å². The molecule has 0 spiro atoms. The number of hydrogen-bond acceptors (Lipinski definition) is 3. The van der Waals surface area contributed by atoms with Crippen LogP contribution in [0.5, 0.6) is 0 Å². The van der Waals surface area contributed by atoms with Crippen LogP contribution in [0.2, 0.25) is 5.02 Å². The highest BCUT2D eigenvalue weighted by Crippen LogP contribution is 2.21. The molecule has 2 aromatic heterocycles. The summed E-state index contributed by atoms with van der Waals surface area (Å²) in [6.07, 6.45) is 6.81. The molecule has 0 aromatic carbocycles. The van der Waals surface area contributed by atoms with Crippen molar-refractivity contribution < 1.29 is 0 Å². The molecule has 0 bridgehead atoms. The van der Waals surface area contributed by atoms with E-state index in [0.29, 0.717) is 17.0 Å². The largest absolute Gasteiger partial charge is 0.350 e. The van der Waals surface area contributed by atoms with Gasteiger partial charge in [0.05, 0.1) is 5.02 Å². The SMILES string of the molecule is Clc1ccc2nc(NC3CCCC3)nn2c1. The van der Waals surface area contributed by atoms with Crippen molar-refractivity contribution in [2.75, 3.05) is 5.32 Å². The summed E-state index contributed by atoms with van der Waals surface area (Å²) in [4.78, 5) is 4.40. The average Bonchev–Trinajstić information content (AvgIpc) is 2.86. The second-order valence-electron chi connectivity index (χ2n) is 4.21. The fraction of sp³-hybridized carbons (Fsp3) is 0.455. The lowest BCUT2D eigenvalue weighted by atomic mass is 10.3. The molecule has 0 unspecified atom stereocenters. The van der Waals surface area contributed by atoms with E-state index in [4.69, 9.17) is 11.6 Å². The minimum atomic E-state index is 0.535. The summed E-state index contributed by atoms with van der Waals surface area (Å²) in [5.74, 6) is 0.703. The quantitative estimate of drug-likeness (QED) is 0.872. The fourth-order valence-electron chi connectivity index (χ4n) is 2.17. The van der Waals surface area contributed by atoms with Gasteiger partial charge in [0.2, 0.25) is 5.95 Å². The molecule has 1 aliphatic carbocycles. The molecule has 3 rings (SSSR count). The summed E-state index contributed by atoms with van der Waals surface area (Å²) in [5.41, 5.74) is 0.824. The highest BCUT2D eigenvalue weighted by molar-refractivity contribution is 6.30. The first-order chi connectivity index (χ1) is 7.81. The van der Waals surface area contributed by atoms with Crippen LogP contribution in [0.3, 0.4) is 0 Å². The van der Waals surface area contributed by atoms with Gasteiger partial charge in [-0.15, -0.1) is 5.10 Å².